The highest BCUT2D eigenvalue weighted by Crippen LogP contribution is 2.25. The molecule has 2 aromatic carbocycles. The molecular weight excluding hydrogens is 378 g/mol. The van der Waals surface area contributed by atoms with E-state index in [4.69, 9.17) is 14.6 Å². The minimum Gasteiger partial charge on any atom is -0.497 e. The molecule has 0 bridgehead atoms. The molecule has 3 aromatic rings. The number of methoxy groups -OCH3 is 2. The molecule has 0 radical (unpaired) electrons. The summed E-state index contributed by atoms with van der Waals surface area (Å²) in [5.41, 5.74) is 4.15. The fourth-order valence-corrected chi connectivity index (χ4v) is 3.80. The third-order valence-corrected chi connectivity index (χ3v) is 5.52. The number of ether oxygens (including phenoxy) is 2. The van der Waals surface area contributed by atoms with Crippen molar-refractivity contribution in [3.63, 3.8) is 0 Å². The van der Waals surface area contributed by atoms with E-state index in [2.05, 4.69) is 6.07 Å². The zero-order chi connectivity index (χ0) is 20.9. The fraction of sp³-hybridized carbons (Fsp3) is 0.333. The Balaban J connectivity index is 1.43. The monoisotopic (exact) mass is 405 g/mol. The second kappa shape index (κ2) is 9.03. The van der Waals surface area contributed by atoms with E-state index in [-0.39, 0.29) is 5.91 Å². The average Bonchev–Trinajstić information content (AvgIpc) is 3.09. The number of rotatable bonds is 6. The van der Waals surface area contributed by atoms with Crippen molar-refractivity contribution < 1.29 is 14.3 Å². The van der Waals surface area contributed by atoms with Gasteiger partial charge in [-0.2, -0.15) is 5.10 Å². The molecule has 1 aliphatic heterocycles. The van der Waals surface area contributed by atoms with Crippen molar-refractivity contribution in [3.05, 3.63) is 65.9 Å². The van der Waals surface area contributed by atoms with Gasteiger partial charge in [-0.3, -0.25) is 9.48 Å². The number of carbonyl (C=O) groups is 1. The maximum absolute atomic E-state index is 12.9. The predicted molar refractivity (Wildman–Crippen MR) is 116 cm³/mol. The number of aromatic nitrogens is 2. The van der Waals surface area contributed by atoms with E-state index in [9.17, 15) is 4.79 Å². The second-order valence-electron chi connectivity index (χ2n) is 7.49. The van der Waals surface area contributed by atoms with E-state index in [0.29, 0.717) is 13.0 Å². The summed E-state index contributed by atoms with van der Waals surface area (Å²) < 4.78 is 12.6. The molecule has 0 saturated heterocycles. The van der Waals surface area contributed by atoms with E-state index in [1.165, 1.54) is 0 Å². The highest BCUT2D eigenvalue weighted by molar-refractivity contribution is 5.76. The van der Waals surface area contributed by atoms with Gasteiger partial charge in [-0.1, -0.05) is 24.3 Å². The van der Waals surface area contributed by atoms with Crippen molar-refractivity contribution in [3.8, 4) is 22.8 Å². The maximum atomic E-state index is 12.9. The van der Waals surface area contributed by atoms with Gasteiger partial charge >= 0.3 is 0 Å². The highest BCUT2D eigenvalue weighted by Gasteiger charge is 2.21. The second-order valence-corrected chi connectivity index (χ2v) is 7.49. The van der Waals surface area contributed by atoms with Gasteiger partial charge in [0.25, 0.3) is 0 Å². The topological polar surface area (TPSA) is 56.6 Å². The van der Waals surface area contributed by atoms with Crippen LogP contribution in [0.3, 0.4) is 0 Å². The van der Waals surface area contributed by atoms with Crippen LogP contribution in [0.1, 0.15) is 24.1 Å². The van der Waals surface area contributed by atoms with Gasteiger partial charge in [0.2, 0.25) is 5.91 Å². The third kappa shape index (κ3) is 4.48. The van der Waals surface area contributed by atoms with Crippen molar-refractivity contribution >= 4 is 5.91 Å². The highest BCUT2D eigenvalue weighted by atomic mass is 16.5. The van der Waals surface area contributed by atoms with Gasteiger partial charge in [0.05, 0.1) is 32.2 Å². The van der Waals surface area contributed by atoms with E-state index in [0.717, 1.165) is 59.9 Å². The van der Waals surface area contributed by atoms with Crippen molar-refractivity contribution in [2.45, 2.75) is 32.4 Å². The molecule has 0 aliphatic carbocycles. The van der Waals surface area contributed by atoms with Crippen LogP contribution in [0.5, 0.6) is 11.5 Å². The van der Waals surface area contributed by atoms with Crippen LogP contribution in [-0.2, 0) is 24.3 Å². The summed E-state index contributed by atoms with van der Waals surface area (Å²) in [6, 6.07) is 17.9. The van der Waals surface area contributed by atoms with Crippen LogP contribution < -0.4 is 9.47 Å². The zero-order valence-electron chi connectivity index (χ0n) is 17.5. The van der Waals surface area contributed by atoms with Crippen molar-refractivity contribution in [1.29, 1.82) is 0 Å². The molecule has 0 unspecified atom stereocenters. The first-order valence-corrected chi connectivity index (χ1v) is 10.3. The van der Waals surface area contributed by atoms with Crippen LogP contribution in [0.2, 0.25) is 0 Å². The van der Waals surface area contributed by atoms with E-state index in [1.54, 1.807) is 14.2 Å². The van der Waals surface area contributed by atoms with Gasteiger partial charge in [-0.05, 0) is 48.7 Å². The smallest absolute Gasteiger partial charge is 0.223 e. The summed E-state index contributed by atoms with van der Waals surface area (Å²) in [5.74, 6) is 1.83. The average molecular weight is 405 g/mol. The minimum absolute atomic E-state index is 0.184. The molecular formula is C24H27N3O3. The van der Waals surface area contributed by atoms with Crippen molar-refractivity contribution in [2.75, 3.05) is 20.8 Å². The number of amides is 1. The molecule has 0 spiro atoms. The molecule has 0 N–H and O–H groups in total. The maximum Gasteiger partial charge on any atom is 0.223 e. The van der Waals surface area contributed by atoms with E-state index < -0.39 is 0 Å². The predicted octanol–water partition coefficient (Wildman–Crippen LogP) is 3.93. The molecule has 0 atom stereocenters. The summed E-state index contributed by atoms with van der Waals surface area (Å²) in [4.78, 5) is 14.8. The van der Waals surface area contributed by atoms with Crippen molar-refractivity contribution in [1.82, 2.24) is 14.7 Å². The molecule has 4 rings (SSSR count). The lowest BCUT2D eigenvalue weighted by atomic mass is 10.1. The lowest BCUT2D eigenvalue weighted by Crippen LogP contribution is -2.30. The molecule has 156 valence electrons. The fourth-order valence-electron chi connectivity index (χ4n) is 3.80. The largest absolute Gasteiger partial charge is 0.497 e. The standard InChI is InChI=1S/C24H27N3O3/c1-29-21-10-7-18(8-11-21)9-12-24(28)26-13-4-14-27-20(17-26)16-23(25-27)19-5-3-6-22(15-19)30-2/h3,5-8,10-11,15-16H,4,9,12-14,17H2,1-2H3. The molecule has 2 heterocycles. The number of nitrogens with zero attached hydrogens (tertiary/aromatic N) is 3. The van der Waals surface area contributed by atoms with Crippen LogP contribution in [-0.4, -0.2) is 41.4 Å². The van der Waals surface area contributed by atoms with Crippen molar-refractivity contribution in [2.24, 2.45) is 0 Å². The summed E-state index contributed by atoms with van der Waals surface area (Å²) in [6.07, 6.45) is 2.14. The normalized spacial score (nSPS) is 13.5. The van der Waals surface area contributed by atoms with Crippen LogP contribution >= 0.6 is 0 Å². The Hall–Kier alpha value is -3.28. The number of fused-ring (bicyclic) bond motifs is 1. The minimum atomic E-state index is 0.184. The first kappa shape index (κ1) is 20.0. The molecule has 0 fully saturated rings. The van der Waals surface area contributed by atoms with Gasteiger partial charge < -0.3 is 14.4 Å². The molecule has 30 heavy (non-hydrogen) atoms. The Morgan fingerprint density at radius 2 is 1.80 bits per heavy atom. The molecule has 1 aromatic heterocycles. The molecule has 6 heteroatoms. The quantitative estimate of drug-likeness (QED) is 0.624. The number of carbonyl (C=O) groups excluding carboxylic acids is 1. The SMILES string of the molecule is COc1ccc(CCC(=O)N2CCCn3nc(-c4cccc(OC)c4)cc3C2)cc1. The Bertz CT molecular complexity index is 1010. The van der Waals surface area contributed by atoms with E-state index in [1.807, 2.05) is 58.1 Å². The van der Waals surface area contributed by atoms with Gasteiger partial charge in [0, 0.05) is 25.1 Å². The molecule has 0 saturated carbocycles. The molecule has 1 aliphatic rings. The van der Waals surface area contributed by atoms with Gasteiger partial charge in [0.15, 0.2) is 0 Å². The Labute approximate surface area is 177 Å². The van der Waals surface area contributed by atoms with Gasteiger partial charge in [-0.25, -0.2) is 0 Å². The van der Waals surface area contributed by atoms with Crippen LogP contribution in [0.15, 0.2) is 54.6 Å². The lowest BCUT2D eigenvalue weighted by molar-refractivity contribution is -0.131. The number of hydrogen-bond acceptors (Lipinski definition) is 4. The van der Waals surface area contributed by atoms with Crippen LogP contribution in [0.4, 0.5) is 0 Å². The Morgan fingerprint density at radius 1 is 1.00 bits per heavy atom. The summed E-state index contributed by atoms with van der Waals surface area (Å²) >= 11 is 0. The van der Waals surface area contributed by atoms with Crippen LogP contribution in [0.25, 0.3) is 11.3 Å². The number of aryl methyl sites for hydroxylation is 2. The Kier molecular flexibility index (Phi) is 6.02. The zero-order valence-corrected chi connectivity index (χ0v) is 17.5. The molecule has 6 nitrogen and oxygen atoms in total. The first-order chi connectivity index (χ1) is 14.7. The summed E-state index contributed by atoms with van der Waals surface area (Å²) in [6.45, 7) is 2.18. The Morgan fingerprint density at radius 3 is 2.57 bits per heavy atom. The van der Waals surface area contributed by atoms with E-state index >= 15 is 0 Å². The summed E-state index contributed by atoms with van der Waals surface area (Å²) in [5, 5.41) is 4.77. The first-order valence-electron chi connectivity index (χ1n) is 10.3. The van der Waals surface area contributed by atoms with Gasteiger partial charge in [-0.15, -0.1) is 0 Å². The summed E-state index contributed by atoms with van der Waals surface area (Å²) in [7, 11) is 3.32. The number of benzene rings is 2. The number of hydrogen-bond donors (Lipinski definition) is 0. The third-order valence-electron chi connectivity index (χ3n) is 5.52. The van der Waals surface area contributed by atoms with Crippen LogP contribution in [0, 0.1) is 0 Å². The van der Waals surface area contributed by atoms with Gasteiger partial charge in [0.1, 0.15) is 11.5 Å². The lowest BCUT2D eigenvalue weighted by Gasteiger charge is -2.20. The molecule has 1 amide bonds.